The van der Waals surface area contributed by atoms with Gasteiger partial charge in [0.1, 0.15) is 16.9 Å². The molecule has 0 aliphatic heterocycles. The number of nitrogens with one attached hydrogen (secondary N) is 2. The Bertz CT molecular complexity index is 1310. The Morgan fingerprint density at radius 2 is 1.57 bits per heavy atom. The van der Waals surface area contributed by atoms with Crippen molar-refractivity contribution in [2.45, 2.75) is 13.0 Å². The van der Waals surface area contributed by atoms with Crippen LogP contribution in [0.25, 0.3) is 21.7 Å². The number of para-hydroxylation sites is 1. The topological polar surface area (TPSA) is 97.6 Å². The second kappa shape index (κ2) is 8.08. The van der Waals surface area contributed by atoms with Gasteiger partial charge in [0, 0.05) is 5.39 Å². The highest BCUT2D eigenvalue weighted by Gasteiger charge is 2.18. The van der Waals surface area contributed by atoms with Gasteiger partial charge in [0.2, 0.25) is 0 Å². The molecular weight excluding hydrogens is 384 g/mol. The van der Waals surface area contributed by atoms with Crippen molar-refractivity contribution in [2.24, 2.45) is 0 Å². The fraction of sp³-hybridized carbons (Fsp3) is 0.0870. The monoisotopic (exact) mass is 402 g/mol. The normalized spacial score (nSPS) is 11.8. The summed E-state index contributed by atoms with van der Waals surface area (Å²) in [6.07, 6.45) is -0.875. The molecule has 4 aromatic rings. The summed E-state index contributed by atoms with van der Waals surface area (Å²) in [7, 11) is 0. The standard InChI is InChI=1S/C23H18N2O5/c1-14(29-18-11-10-15-6-2-3-7-16(15)12-18)21(26)24-25-22(27)19-13-17-8-4-5-9-20(17)30-23(19)28/h2-14H,1H3,(H,24,26)(H,25,27)/t14-/m1/s1. The number of carbonyl (C=O) groups excluding carboxylic acids is 2. The van der Waals surface area contributed by atoms with Gasteiger partial charge in [-0.3, -0.25) is 20.4 Å². The van der Waals surface area contributed by atoms with Gasteiger partial charge in [-0.2, -0.15) is 0 Å². The van der Waals surface area contributed by atoms with Crippen LogP contribution >= 0.6 is 0 Å². The molecular formula is C23H18N2O5. The van der Waals surface area contributed by atoms with Crippen molar-refractivity contribution in [2.75, 3.05) is 0 Å². The Hall–Kier alpha value is -4.13. The minimum atomic E-state index is -0.875. The maximum atomic E-state index is 12.3. The molecule has 0 bridgehead atoms. The SMILES string of the molecule is C[C@@H](Oc1ccc2ccccc2c1)C(=O)NNC(=O)c1cc2ccccc2oc1=O. The van der Waals surface area contributed by atoms with Crippen molar-refractivity contribution in [3.05, 3.63) is 88.8 Å². The second-order valence-corrected chi connectivity index (χ2v) is 6.70. The van der Waals surface area contributed by atoms with Gasteiger partial charge in [-0.15, -0.1) is 0 Å². The second-order valence-electron chi connectivity index (χ2n) is 6.70. The van der Waals surface area contributed by atoms with Crippen LogP contribution in [0.4, 0.5) is 0 Å². The minimum absolute atomic E-state index is 0.211. The van der Waals surface area contributed by atoms with E-state index < -0.39 is 23.5 Å². The molecule has 7 nitrogen and oxygen atoms in total. The number of carbonyl (C=O) groups is 2. The smallest absolute Gasteiger partial charge is 0.349 e. The third-order valence-electron chi connectivity index (χ3n) is 4.59. The van der Waals surface area contributed by atoms with Gasteiger partial charge in [0.25, 0.3) is 11.8 Å². The zero-order valence-corrected chi connectivity index (χ0v) is 16.0. The summed E-state index contributed by atoms with van der Waals surface area (Å²) in [6, 6.07) is 21.5. The minimum Gasteiger partial charge on any atom is -0.481 e. The highest BCUT2D eigenvalue weighted by molar-refractivity contribution is 5.97. The lowest BCUT2D eigenvalue weighted by Crippen LogP contribution is -2.48. The van der Waals surface area contributed by atoms with Crippen molar-refractivity contribution in [3.8, 4) is 5.75 Å². The van der Waals surface area contributed by atoms with E-state index in [0.717, 1.165) is 10.8 Å². The molecule has 0 unspecified atom stereocenters. The highest BCUT2D eigenvalue weighted by Crippen LogP contribution is 2.21. The summed E-state index contributed by atoms with van der Waals surface area (Å²) in [5.74, 6) is -0.819. The van der Waals surface area contributed by atoms with Crippen LogP contribution in [0.5, 0.6) is 5.75 Å². The van der Waals surface area contributed by atoms with Crippen LogP contribution in [0, 0.1) is 0 Å². The molecule has 0 spiro atoms. The van der Waals surface area contributed by atoms with Crippen molar-refractivity contribution in [1.82, 2.24) is 10.9 Å². The van der Waals surface area contributed by atoms with E-state index in [2.05, 4.69) is 10.9 Å². The first-order chi connectivity index (χ1) is 14.5. The predicted molar refractivity (Wildman–Crippen MR) is 112 cm³/mol. The molecule has 0 aliphatic carbocycles. The Balaban J connectivity index is 1.40. The maximum Gasteiger partial charge on any atom is 0.349 e. The number of hydrogen-bond donors (Lipinski definition) is 2. The molecule has 1 heterocycles. The molecule has 0 aliphatic rings. The van der Waals surface area contributed by atoms with Crippen LogP contribution in [0.15, 0.2) is 82.0 Å². The van der Waals surface area contributed by atoms with E-state index in [-0.39, 0.29) is 5.56 Å². The van der Waals surface area contributed by atoms with Crippen LogP contribution < -0.4 is 21.2 Å². The van der Waals surface area contributed by atoms with Crippen molar-refractivity contribution >= 4 is 33.6 Å². The van der Waals surface area contributed by atoms with Gasteiger partial charge >= 0.3 is 5.63 Å². The van der Waals surface area contributed by atoms with Gasteiger partial charge in [-0.25, -0.2) is 4.79 Å². The molecule has 1 aromatic heterocycles. The number of hydrogen-bond acceptors (Lipinski definition) is 5. The molecule has 3 aromatic carbocycles. The highest BCUT2D eigenvalue weighted by atomic mass is 16.5. The summed E-state index contributed by atoms with van der Waals surface area (Å²) >= 11 is 0. The number of rotatable bonds is 4. The zero-order valence-electron chi connectivity index (χ0n) is 16.0. The lowest BCUT2D eigenvalue weighted by Gasteiger charge is -2.15. The fourth-order valence-electron chi connectivity index (χ4n) is 3.01. The lowest BCUT2D eigenvalue weighted by atomic mass is 10.1. The third kappa shape index (κ3) is 4.00. The average molecular weight is 402 g/mol. The van der Waals surface area contributed by atoms with Gasteiger partial charge < -0.3 is 9.15 Å². The van der Waals surface area contributed by atoms with E-state index in [1.165, 1.54) is 6.07 Å². The summed E-state index contributed by atoms with van der Waals surface area (Å²) in [5.41, 5.74) is 3.87. The van der Waals surface area contributed by atoms with Gasteiger partial charge in [0.05, 0.1) is 0 Å². The zero-order chi connectivity index (χ0) is 21.1. The summed E-state index contributed by atoms with van der Waals surface area (Å²) in [6.45, 7) is 1.56. The van der Waals surface area contributed by atoms with Crippen LogP contribution in [0.3, 0.4) is 0 Å². The van der Waals surface area contributed by atoms with E-state index in [0.29, 0.717) is 16.7 Å². The fourth-order valence-corrected chi connectivity index (χ4v) is 3.01. The summed E-state index contributed by atoms with van der Waals surface area (Å²) in [4.78, 5) is 36.6. The van der Waals surface area contributed by atoms with Gasteiger partial charge in [-0.05, 0) is 42.0 Å². The molecule has 150 valence electrons. The molecule has 0 fully saturated rings. The third-order valence-corrected chi connectivity index (χ3v) is 4.59. The number of ether oxygens (including phenoxy) is 1. The Labute approximate surface area is 171 Å². The van der Waals surface area contributed by atoms with Crippen molar-refractivity contribution < 1.29 is 18.7 Å². The van der Waals surface area contributed by atoms with E-state index in [9.17, 15) is 14.4 Å². The molecule has 7 heteroatoms. The Morgan fingerprint density at radius 3 is 2.37 bits per heavy atom. The molecule has 0 saturated heterocycles. The first-order valence-electron chi connectivity index (χ1n) is 9.30. The molecule has 0 radical (unpaired) electrons. The lowest BCUT2D eigenvalue weighted by molar-refractivity contribution is -0.128. The quantitative estimate of drug-likeness (QED) is 0.404. The van der Waals surface area contributed by atoms with Crippen LogP contribution in [-0.4, -0.2) is 17.9 Å². The molecule has 30 heavy (non-hydrogen) atoms. The maximum absolute atomic E-state index is 12.3. The summed E-state index contributed by atoms with van der Waals surface area (Å²) < 4.78 is 10.8. The average Bonchev–Trinajstić information content (AvgIpc) is 2.76. The predicted octanol–water partition coefficient (Wildman–Crippen LogP) is 3.17. The number of fused-ring (bicyclic) bond motifs is 2. The van der Waals surface area contributed by atoms with Crippen molar-refractivity contribution in [3.63, 3.8) is 0 Å². The van der Waals surface area contributed by atoms with E-state index in [4.69, 9.17) is 9.15 Å². The molecule has 0 saturated carbocycles. The van der Waals surface area contributed by atoms with Crippen LogP contribution in [0.2, 0.25) is 0 Å². The van der Waals surface area contributed by atoms with E-state index in [1.54, 1.807) is 37.3 Å². The number of hydrazine groups is 1. The van der Waals surface area contributed by atoms with Crippen LogP contribution in [0.1, 0.15) is 17.3 Å². The summed E-state index contributed by atoms with van der Waals surface area (Å²) in [5, 5.41) is 2.64. The first-order valence-corrected chi connectivity index (χ1v) is 9.30. The molecule has 1 atom stereocenters. The molecule has 4 rings (SSSR count). The van der Waals surface area contributed by atoms with Crippen LogP contribution in [-0.2, 0) is 4.79 Å². The van der Waals surface area contributed by atoms with Gasteiger partial charge in [0.15, 0.2) is 6.10 Å². The van der Waals surface area contributed by atoms with E-state index in [1.807, 2.05) is 36.4 Å². The Morgan fingerprint density at radius 1 is 0.867 bits per heavy atom. The number of amides is 2. The first kappa shape index (κ1) is 19.2. The van der Waals surface area contributed by atoms with E-state index >= 15 is 0 Å². The molecule has 2 N–H and O–H groups in total. The van der Waals surface area contributed by atoms with Gasteiger partial charge in [-0.1, -0.05) is 48.5 Å². The Kier molecular flexibility index (Phi) is 5.17. The molecule has 2 amide bonds. The number of benzene rings is 3. The van der Waals surface area contributed by atoms with Crippen molar-refractivity contribution in [1.29, 1.82) is 0 Å². The largest absolute Gasteiger partial charge is 0.481 e.